The van der Waals surface area contributed by atoms with Crippen LogP contribution in [0.2, 0.25) is 10.0 Å². The second-order valence-electron chi connectivity index (χ2n) is 9.54. The van der Waals surface area contributed by atoms with Gasteiger partial charge in [-0.2, -0.15) is 0 Å². The van der Waals surface area contributed by atoms with Gasteiger partial charge in [0, 0.05) is 49.9 Å². The number of carbonyl (C=O) groups is 1. The van der Waals surface area contributed by atoms with Crippen LogP contribution in [0.15, 0.2) is 24.3 Å². The number of carbonyl (C=O) groups excluding carboxylic acids is 1. The summed E-state index contributed by atoms with van der Waals surface area (Å²) >= 11 is 13.5. The zero-order valence-corrected chi connectivity index (χ0v) is 22.8. The second kappa shape index (κ2) is 10.7. The first-order chi connectivity index (χ1) is 17.3. The summed E-state index contributed by atoms with van der Waals surface area (Å²) in [4.78, 5) is 23.7. The third-order valence-electron chi connectivity index (χ3n) is 6.83. The Labute approximate surface area is 225 Å². The van der Waals surface area contributed by atoms with Crippen LogP contribution in [-0.4, -0.2) is 72.2 Å². The van der Waals surface area contributed by atoms with E-state index in [1.54, 1.807) is 12.1 Å². The topological polar surface area (TPSA) is 80.9 Å². The fourth-order valence-electron chi connectivity index (χ4n) is 5.03. The Morgan fingerprint density at radius 2 is 1.97 bits per heavy atom. The summed E-state index contributed by atoms with van der Waals surface area (Å²) < 4.78 is 12.1. The lowest BCUT2D eigenvalue weighted by Crippen LogP contribution is -2.51. The molecule has 7 nitrogen and oxygen atoms in total. The number of morpholine rings is 1. The van der Waals surface area contributed by atoms with Crippen LogP contribution in [0.5, 0.6) is 5.75 Å². The van der Waals surface area contributed by atoms with Crippen LogP contribution < -0.4 is 10.5 Å². The van der Waals surface area contributed by atoms with Crippen molar-refractivity contribution in [2.45, 2.75) is 38.9 Å². The van der Waals surface area contributed by atoms with Gasteiger partial charge in [-0.05, 0) is 50.5 Å². The third-order valence-corrected chi connectivity index (χ3v) is 8.66. The molecular weight excluding hydrogens is 519 g/mol. The van der Waals surface area contributed by atoms with Gasteiger partial charge in [0.2, 0.25) is 0 Å². The quantitative estimate of drug-likeness (QED) is 0.472. The number of nitrogens with two attached hydrogens (primary N) is 1. The van der Waals surface area contributed by atoms with Gasteiger partial charge in [-0.3, -0.25) is 4.79 Å². The largest absolute Gasteiger partial charge is 0.490 e. The Morgan fingerprint density at radius 1 is 1.19 bits per heavy atom. The number of aryl methyl sites for hydroxylation is 2. The van der Waals surface area contributed by atoms with Gasteiger partial charge >= 0.3 is 0 Å². The molecule has 4 heterocycles. The van der Waals surface area contributed by atoms with Crippen molar-refractivity contribution in [3.63, 3.8) is 0 Å². The smallest absolute Gasteiger partial charge is 0.266 e. The summed E-state index contributed by atoms with van der Waals surface area (Å²) in [5.41, 5.74) is 8.94. The summed E-state index contributed by atoms with van der Waals surface area (Å²) in [6, 6.07) is 7.37. The third kappa shape index (κ3) is 5.43. The van der Waals surface area contributed by atoms with Crippen LogP contribution in [0.1, 0.15) is 33.8 Å². The number of ether oxygens (including phenoxy) is 2. The van der Waals surface area contributed by atoms with Gasteiger partial charge in [0.15, 0.2) is 0 Å². The standard InChI is InChI=1S/C26H30Cl2N4O3S/c1-15-11-16(2)30-25-22(15)23(29)24(36-25)26(33)32-9-10-34-19(14-32)13-31-7-5-17(6-8-31)35-18-3-4-20(27)21(28)12-18/h3-4,11-12,17,19H,5-10,13-14,29H2,1-2H3. The summed E-state index contributed by atoms with van der Waals surface area (Å²) in [6.07, 6.45) is 1.94. The van der Waals surface area contributed by atoms with Crippen molar-refractivity contribution < 1.29 is 14.3 Å². The van der Waals surface area contributed by atoms with E-state index in [0.29, 0.717) is 40.3 Å². The number of nitrogens with zero attached hydrogens (tertiary/aromatic N) is 3. The van der Waals surface area contributed by atoms with Crippen LogP contribution in [-0.2, 0) is 4.74 Å². The van der Waals surface area contributed by atoms with Crippen LogP contribution in [0.4, 0.5) is 5.69 Å². The molecule has 0 spiro atoms. The average Bonchev–Trinajstić information content (AvgIpc) is 3.18. The number of hydrogen-bond acceptors (Lipinski definition) is 7. The van der Waals surface area contributed by atoms with E-state index in [9.17, 15) is 4.79 Å². The van der Waals surface area contributed by atoms with Crippen molar-refractivity contribution in [1.29, 1.82) is 0 Å². The fourth-order valence-corrected chi connectivity index (χ4v) is 6.50. The Balaban J connectivity index is 1.16. The number of likely N-dealkylation sites (tertiary alicyclic amines) is 1. The number of halogens is 2. The number of hydrogen-bond donors (Lipinski definition) is 1. The van der Waals surface area contributed by atoms with Gasteiger partial charge in [0.05, 0.1) is 28.4 Å². The van der Waals surface area contributed by atoms with Crippen molar-refractivity contribution in [3.05, 3.63) is 50.4 Å². The van der Waals surface area contributed by atoms with E-state index in [1.165, 1.54) is 11.3 Å². The predicted octanol–water partition coefficient (Wildman–Crippen LogP) is 5.19. The summed E-state index contributed by atoms with van der Waals surface area (Å²) in [5.74, 6) is 0.711. The molecule has 1 unspecified atom stereocenters. The molecule has 1 atom stereocenters. The lowest BCUT2D eigenvalue weighted by atomic mass is 10.1. The van der Waals surface area contributed by atoms with Crippen molar-refractivity contribution in [1.82, 2.24) is 14.8 Å². The minimum atomic E-state index is -0.0343. The molecule has 192 valence electrons. The number of rotatable bonds is 5. The molecule has 0 bridgehead atoms. The Kier molecular flexibility index (Phi) is 7.60. The van der Waals surface area contributed by atoms with E-state index in [2.05, 4.69) is 9.88 Å². The maximum absolute atomic E-state index is 13.4. The van der Waals surface area contributed by atoms with Crippen LogP contribution in [0.25, 0.3) is 10.2 Å². The van der Waals surface area contributed by atoms with Crippen LogP contribution in [0, 0.1) is 13.8 Å². The maximum atomic E-state index is 13.4. The number of piperidine rings is 1. The highest BCUT2D eigenvalue weighted by atomic mass is 35.5. The highest BCUT2D eigenvalue weighted by molar-refractivity contribution is 7.21. The number of anilines is 1. The number of amides is 1. The minimum absolute atomic E-state index is 0.0328. The van der Waals surface area contributed by atoms with E-state index >= 15 is 0 Å². The number of thiophene rings is 1. The van der Waals surface area contributed by atoms with Gasteiger partial charge in [0.25, 0.3) is 5.91 Å². The monoisotopic (exact) mass is 548 g/mol. The zero-order valence-electron chi connectivity index (χ0n) is 20.4. The van der Waals surface area contributed by atoms with Gasteiger partial charge in [-0.1, -0.05) is 23.2 Å². The molecule has 0 saturated carbocycles. The number of benzene rings is 1. The van der Waals surface area contributed by atoms with E-state index in [0.717, 1.165) is 59.7 Å². The number of pyridine rings is 1. The normalized spacial score (nSPS) is 19.7. The molecule has 0 aliphatic carbocycles. The predicted molar refractivity (Wildman–Crippen MR) is 146 cm³/mol. The van der Waals surface area contributed by atoms with Crippen LogP contribution >= 0.6 is 34.5 Å². The molecule has 2 fully saturated rings. The molecule has 5 rings (SSSR count). The van der Waals surface area contributed by atoms with Gasteiger partial charge in [0.1, 0.15) is 21.6 Å². The van der Waals surface area contributed by atoms with E-state index in [4.69, 9.17) is 38.4 Å². The molecule has 3 aromatic rings. The molecule has 2 aliphatic rings. The molecule has 10 heteroatoms. The first kappa shape index (κ1) is 25.5. The molecule has 1 amide bonds. The first-order valence-corrected chi connectivity index (χ1v) is 13.8. The van der Waals surface area contributed by atoms with Gasteiger partial charge < -0.3 is 25.0 Å². The lowest BCUT2D eigenvalue weighted by molar-refractivity contribution is -0.0412. The first-order valence-electron chi connectivity index (χ1n) is 12.2. The van der Waals surface area contributed by atoms with E-state index in [-0.39, 0.29) is 18.1 Å². The molecule has 2 saturated heterocycles. The average molecular weight is 550 g/mol. The van der Waals surface area contributed by atoms with E-state index in [1.807, 2.05) is 30.9 Å². The number of nitrogen functional groups attached to an aromatic ring is 1. The highest BCUT2D eigenvalue weighted by Crippen LogP contribution is 2.36. The SMILES string of the molecule is Cc1cc(C)c2c(N)c(C(=O)N3CCOC(CN4CCC(Oc5ccc(Cl)c(Cl)c5)CC4)C3)sc2n1. The summed E-state index contributed by atoms with van der Waals surface area (Å²) in [6.45, 7) is 8.21. The zero-order chi connectivity index (χ0) is 25.4. The molecule has 36 heavy (non-hydrogen) atoms. The van der Waals surface area contributed by atoms with Crippen LogP contribution in [0.3, 0.4) is 0 Å². The molecular formula is C26H30Cl2N4O3S. The summed E-state index contributed by atoms with van der Waals surface area (Å²) in [7, 11) is 0. The van der Waals surface area contributed by atoms with Crippen molar-refractivity contribution >= 4 is 56.3 Å². The number of fused-ring (bicyclic) bond motifs is 1. The Bertz CT molecular complexity index is 1280. The van der Waals surface area contributed by atoms with Crippen molar-refractivity contribution in [2.75, 3.05) is 45.1 Å². The lowest BCUT2D eigenvalue weighted by Gasteiger charge is -2.38. The molecule has 2 N–H and O–H groups in total. The molecule has 0 radical (unpaired) electrons. The van der Waals surface area contributed by atoms with Gasteiger partial charge in [-0.25, -0.2) is 4.98 Å². The van der Waals surface area contributed by atoms with Gasteiger partial charge in [-0.15, -0.1) is 11.3 Å². The minimum Gasteiger partial charge on any atom is -0.490 e. The van der Waals surface area contributed by atoms with Crippen molar-refractivity contribution in [2.24, 2.45) is 0 Å². The highest BCUT2D eigenvalue weighted by Gasteiger charge is 2.31. The molecule has 2 aliphatic heterocycles. The second-order valence-corrected chi connectivity index (χ2v) is 11.4. The molecule has 2 aromatic heterocycles. The Morgan fingerprint density at radius 3 is 2.72 bits per heavy atom. The Hall–Kier alpha value is -2.10. The maximum Gasteiger partial charge on any atom is 0.266 e. The van der Waals surface area contributed by atoms with Crippen molar-refractivity contribution in [3.8, 4) is 5.75 Å². The fraction of sp³-hybridized carbons (Fsp3) is 0.462. The van der Waals surface area contributed by atoms with E-state index < -0.39 is 0 Å². The molecule has 1 aromatic carbocycles. The summed E-state index contributed by atoms with van der Waals surface area (Å²) in [5, 5.41) is 1.92. The number of aromatic nitrogens is 1.